The van der Waals surface area contributed by atoms with E-state index in [2.05, 4.69) is 164 Å². The van der Waals surface area contributed by atoms with Gasteiger partial charge in [-0.1, -0.05) is 74.5 Å². The maximum atomic E-state index is 6.54. The zero-order valence-corrected chi connectivity index (χ0v) is 38.6. The summed E-state index contributed by atoms with van der Waals surface area (Å²) in [6.45, 7) is 19.9. The fraction of sp³-hybridized carbons (Fsp3) is 0.306. The fourth-order valence-corrected chi connectivity index (χ4v) is 10.8. The number of furan rings is 1. The fourth-order valence-electron chi connectivity index (χ4n) is 7.48. The second-order valence-electron chi connectivity index (χ2n) is 17.2. The standard InChI is InChI=1S/C31H30NO.C18H24GeN.Ir/c1-18-14-20(3)28(21(4)15-18)22-9-11-25-27(16-22)33-30-24(10-8-19(2)29(25)30)26-17-23(12-13-32-26)31(5,6)7;1-14(2)11-16-12-18(15-9-7-6-8-10-15)20-13-17(16)19(3,4)5;/h8-9,11-17H,1-7H3;6-9,12-14H,11H2,1-5H3;/q2*-1;. The van der Waals surface area contributed by atoms with Gasteiger partial charge >= 0.3 is 126 Å². The first-order valence-electron chi connectivity index (χ1n) is 18.9. The summed E-state index contributed by atoms with van der Waals surface area (Å²) in [6, 6.07) is 34.5. The van der Waals surface area contributed by atoms with Crippen LogP contribution in [0, 0.1) is 45.7 Å². The van der Waals surface area contributed by atoms with Gasteiger partial charge in [0.25, 0.3) is 0 Å². The van der Waals surface area contributed by atoms with Crippen LogP contribution in [0.3, 0.4) is 0 Å². The first kappa shape index (κ1) is 41.3. The van der Waals surface area contributed by atoms with Crippen LogP contribution < -0.4 is 4.40 Å². The number of benzene rings is 4. The molecule has 54 heavy (non-hydrogen) atoms. The van der Waals surface area contributed by atoms with Crippen molar-refractivity contribution in [1.29, 1.82) is 0 Å². The normalized spacial score (nSPS) is 11.8. The minimum Gasteiger partial charge on any atom is -0.501 e. The van der Waals surface area contributed by atoms with Crippen LogP contribution in [0.1, 0.15) is 68.0 Å². The molecule has 0 aliphatic rings. The maximum Gasteiger partial charge on any atom is 0.121 e. The second kappa shape index (κ2) is 16.5. The third-order valence-electron chi connectivity index (χ3n) is 10.0. The Balaban J connectivity index is 0.000000230. The Bertz CT molecular complexity index is 2390. The quantitative estimate of drug-likeness (QED) is 0.123. The summed E-state index contributed by atoms with van der Waals surface area (Å²) in [5.41, 5.74) is 16.0. The molecule has 1 radical (unpaired) electrons. The molecule has 0 fully saturated rings. The van der Waals surface area contributed by atoms with Gasteiger partial charge in [-0.3, -0.25) is 0 Å². The number of fused-ring (bicyclic) bond motifs is 3. The van der Waals surface area contributed by atoms with Crippen molar-refractivity contribution >= 4 is 39.6 Å². The van der Waals surface area contributed by atoms with Crippen LogP contribution in [0.2, 0.25) is 17.3 Å². The second-order valence-corrected chi connectivity index (χ2v) is 27.7. The van der Waals surface area contributed by atoms with Crippen LogP contribution in [0.15, 0.2) is 95.7 Å². The molecule has 7 aromatic rings. The molecule has 0 spiro atoms. The smallest absolute Gasteiger partial charge is 0.121 e. The molecular formula is C49H54GeIrN2O-2. The number of aryl methyl sites for hydroxylation is 4. The molecular weight excluding hydrogens is 897 g/mol. The molecule has 0 aliphatic heterocycles. The summed E-state index contributed by atoms with van der Waals surface area (Å²) >= 11 is -1.86. The number of pyridine rings is 2. The van der Waals surface area contributed by atoms with Crippen LogP contribution in [0.4, 0.5) is 0 Å². The average Bonchev–Trinajstić information content (AvgIpc) is 3.47. The van der Waals surface area contributed by atoms with E-state index < -0.39 is 13.3 Å². The van der Waals surface area contributed by atoms with Crippen LogP contribution in [-0.4, -0.2) is 23.2 Å². The molecule has 4 aromatic carbocycles. The SMILES string of the molecule is CC(C)Cc1cc(-c2[c-]cccc2)nc[c]1[Ge]([CH3])([CH3])[CH3].Cc1cc(C)c(-c2ccc3c(c2)oc2c(-c4cc(C(C)(C)C)ccn4)[c-]cc(C)c23)c(C)c1.[Ir]. The summed E-state index contributed by atoms with van der Waals surface area (Å²) in [5, 5.41) is 2.28. The Morgan fingerprint density at radius 3 is 2.15 bits per heavy atom. The monoisotopic (exact) mass is 953 g/mol. The first-order chi connectivity index (χ1) is 25.0. The van der Waals surface area contributed by atoms with Gasteiger partial charge < -0.3 is 9.40 Å². The summed E-state index contributed by atoms with van der Waals surface area (Å²) in [5.74, 6) is 7.99. The van der Waals surface area contributed by atoms with Crippen molar-refractivity contribution in [2.24, 2.45) is 5.92 Å². The van der Waals surface area contributed by atoms with E-state index in [-0.39, 0.29) is 25.5 Å². The van der Waals surface area contributed by atoms with Crippen molar-refractivity contribution in [2.45, 2.75) is 91.4 Å². The third kappa shape index (κ3) is 8.99. The molecule has 5 heteroatoms. The predicted molar refractivity (Wildman–Crippen MR) is 229 cm³/mol. The van der Waals surface area contributed by atoms with Gasteiger partial charge in [-0.15, -0.1) is 17.7 Å². The molecule has 3 aromatic heterocycles. The van der Waals surface area contributed by atoms with Crippen LogP contribution in [0.5, 0.6) is 0 Å². The zero-order valence-electron chi connectivity index (χ0n) is 34.1. The predicted octanol–water partition coefficient (Wildman–Crippen LogP) is 12.9. The van der Waals surface area contributed by atoms with E-state index in [4.69, 9.17) is 9.40 Å². The van der Waals surface area contributed by atoms with Gasteiger partial charge in [0.1, 0.15) is 5.58 Å². The van der Waals surface area contributed by atoms with Gasteiger partial charge in [0, 0.05) is 31.7 Å². The van der Waals surface area contributed by atoms with Crippen molar-refractivity contribution in [2.75, 3.05) is 0 Å². The molecule has 0 saturated heterocycles. The van der Waals surface area contributed by atoms with Gasteiger partial charge in [-0.2, -0.15) is 0 Å². The van der Waals surface area contributed by atoms with Crippen molar-refractivity contribution in [3.8, 4) is 33.6 Å². The van der Waals surface area contributed by atoms with E-state index in [0.717, 1.165) is 56.4 Å². The molecule has 0 unspecified atom stereocenters. The summed E-state index contributed by atoms with van der Waals surface area (Å²) in [7, 11) is 0. The first-order valence-corrected chi connectivity index (χ1v) is 26.2. The molecule has 0 saturated carbocycles. The number of nitrogens with zero attached hydrogens (tertiary/aromatic N) is 2. The van der Waals surface area contributed by atoms with Crippen molar-refractivity contribution < 1.29 is 24.5 Å². The van der Waals surface area contributed by atoms with E-state index in [0.29, 0.717) is 5.92 Å². The van der Waals surface area contributed by atoms with E-state index in [1.807, 2.05) is 24.4 Å². The number of rotatable bonds is 6. The largest absolute Gasteiger partial charge is 0.501 e. The van der Waals surface area contributed by atoms with Crippen LogP contribution >= 0.6 is 0 Å². The molecule has 3 nitrogen and oxygen atoms in total. The van der Waals surface area contributed by atoms with Crippen molar-refractivity contribution in [3.05, 3.63) is 137 Å². The number of hydrogen-bond acceptors (Lipinski definition) is 3. The van der Waals surface area contributed by atoms with Crippen LogP contribution in [-0.2, 0) is 31.9 Å². The molecule has 0 bridgehead atoms. The molecule has 281 valence electrons. The van der Waals surface area contributed by atoms with Gasteiger partial charge in [0.2, 0.25) is 0 Å². The molecule has 7 rings (SSSR count). The zero-order chi connectivity index (χ0) is 38.2. The summed E-state index contributed by atoms with van der Waals surface area (Å²) in [6.07, 6.45) is 5.16. The Morgan fingerprint density at radius 2 is 1.52 bits per heavy atom. The minimum atomic E-state index is -1.86. The molecule has 0 N–H and O–H groups in total. The molecule has 0 aliphatic carbocycles. The Morgan fingerprint density at radius 1 is 0.796 bits per heavy atom. The van der Waals surface area contributed by atoms with Crippen molar-refractivity contribution in [1.82, 2.24) is 9.97 Å². The number of aromatic nitrogens is 2. The maximum absolute atomic E-state index is 6.54. The third-order valence-corrected chi connectivity index (χ3v) is 14.3. The molecule has 0 atom stereocenters. The van der Waals surface area contributed by atoms with Crippen LogP contribution in [0.25, 0.3) is 55.6 Å². The Hall–Kier alpha value is -3.83. The summed E-state index contributed by atoms with van der Waals surface area (Å²) < 4.78 is 8.08. The molecule has 0 amide bonds. The van der Waals surface area contributed by atoms with E-state index in [1.54, 1.807) is 4.40 Å². The van der Waals surface area contributed by atoms with E-state index in [1.165, 1.54) is 38.9 Å². The van der Waals surface area contributed by atoms with Gasteiger partial charge in [0.15, 0.2) is 0 Å². The minimum absolute atomic E-state index is 0. The van der Waals surface area contributed by atoms with E-state index >= 15 is 0 Å². The van der Waals surface area contributed by atoms with Gasteiger partial charge in [-0.25, -0.2) is 0 Å². The van der Waals surface area contributed by atoms with Gasteiger partial charge in [0.05, 0.1) is 5.58 Å². The molecule has 3 heterocycles. The Kier molecular flexibility index (Phi) is 12.6. The topological polar surface area (TPSA) is 38.9 Å². The summed E-state index contributed by atoms with van der Waals surface area (Å²) in [4.78, 5) is 9.38. The average molecular weight is 952 g/mol. The van der Waals surface area contributed by atoms with Gasteiger partial charge in [-0.05, 0) is 71.8 Å². The Labute approximate surface area is 339 Å². The van der Waals surface area contributed by atoms with E-state index in [9.17, 15) is 0 Å². The number of hydrogen-bond donors (Lipinski definition) is 0. The van der Waals surface area contributed by atoms with Crippen molar-refractivity contribution in [3.63, 3.8) is 0 Å².